The van der Waals surface area contributed by atoms with E-state index in [1.807, 2.05) is 59.9 Å². The first-order valence-electron chi connectivity index (χ1n) is 18.8. The van der Waals surface area contributed by atoms with Crippen molar-refractivity contribution in [2.45, 2.75) is 94.2 Å². The van der Waals surface area contributed by atoms with Crippen LogP contribution in [0, 0.1) is 10.8 Å². The van der Waals surface area contributed by atoms with Crippen molar-refractivity contribution in [1.82, 2.24) is 9.97 Å². The Bertz CT molecular complexity index is 1890. The third-order valence-corrected chi connectivity index (χ3v) is 10.3. The van der Waals surface area contributed by atoms with Gasteiger partial charge < -0.3 is 0 Å². The van der Waals surface area contributed by atoms with E-state index >= 15 is 0 Å². The van der Waals surface area contributed by atoms with E-state index in [1.165, 1.54) is 0 Å². The van der Waals surface area contributed by atoms with Gasteiger partial charge in [0, 0.05) is 24.0 Å². The first kappa shape index (κ1) is 41.4. The lowest BCUT2D eigenvalue weighted by molar-refractivity contribution is -0.711. The first-order chi connectivity index (χ1) is 25.6. The summed E-state index contributed by atoms with van der Waals surface area (Å²) in [5.74, 6) is 0.334. The molecule has 2 aliphatic rings. The third-order valence-electron chi connectivity index (χ3n) is 10.3. The summed E-state index contributed by atoms with van der Waals surface area (Å²) in [7, 11) is 0. The van der Waals surface area contributed by atoms with Gasteiger partial charge in [-0.25, -0.2) is 0 Å². The van der Waals surface area contributed by atoms with Gasteiger partial charge in [-0.3, -0.25) is 19.6 Å². The Morgan fingerprint density at radius 1 is 0.556 bits per heavy atom. The number of aromatic nitrogens is 4. The number of hydrogen-bond acceptors (Lipinski definition) is 4. The molecule has 54 heavy (non-hydrogen) atoms. The highest BCUT2D eigenvalue weighted by Gasteiger charge is 2.43. The zero-order valence-corrected chi connectivity index (χ0v) is 33.9. The Kier molecular flexibility index (Phi) is 14.3. The number of hydrogen-bond donors (Lipinski definition) is 0. The van der Waals surface area contributed by atoms with E-state index in [1.54, 1.807) is 24.8 Å². The normalized spacial score (nSPS) is 22.0. The van der Waals surface area contributed by atoms with Gasteiger partial charge in [0.1, 0.15) is 0 Å². The topological polar surface area (TPSA) is 67.7 Å². The molecule has 6 heteroatoms. The van der Waals surface area contributed by atoms with Crippen molar-refractivity contribution >= 4 is 11.6 Å². The van der Waals surface area contributed by atoms with Crippen molar-refractivity contribution in [2.75, 3.05) is 0 Å². The lowest BCUT2D eigenvalue weighted by Crippen LogP contribution is -2.48. The highest BCUT2D eigenvalue weighted by atomic mass is 16.1. The standard InChI is InChI=1S/C48H58N4O2/c1-35(17-13-19-37(3)21-23-41-39(5)45(53)43(33-47(41,7)8)51-29-25-49-26-30-51)15-11-12-16-36(2)18-14-20-38(4)22-24-42-40(6)46(54)44(34-48(42,9)10)52-31-27-50-28-32-52/h11-32,43-44H,33-34H2,1-10H3/q+2/b12-11+,17-13+,18-14+,23-21+,24-22+,35-15+,36-16+,37-19+,38-20+. The molecule has 2 aromatic heterocycles. The number of nitrogens with zero attached hydrogens (tertiary/aromatic N) is 4. The second kappa shape index (κ2) is 18.6. The van der Waals surface area contributed by atoms with Crippen molar-refractivity contribution < 1.29 is 18.7 Å². The fraction of sp³-hybridized carbons (Fsp3) is 0.333. The molecule has 0 saturated heterocycles. The second-order valence-corrected chi connectivity index (χ2v) is 15.8. The van der Waals surface area contributed by atoms with E-state index in [0.717, 1.165) is 57.4 Å². The van der Waals surface area contributed by atoms with Crippen molar-refractivity contribution in [2.24, 2.45) is 10.8 Å². The molecule has 0 fully saturated rings. The predicted octanol–water partition coefficient (Wildman–Crippen LogP) is 10.0. The molecule has 2 aliphatic carbocycles. The largest absolute Gasteiger partial charge is 0.287 e. The van der Waals surface area contributed by atoms with Gasteiger partial charge in [0.15, 0.2) is 24.8 Å². The Morgan fingerprint density at radius 3 is 1.22 bits per heavy atom. The molecule has 2 atom stereocenters. The maximum atomic E-state index is 13.3. The molecule has 0 N–H and O–H groups in total. The van der Waals surface area contributed by atoms with E-state index in [0.29, 0.717) is 0 Å². The maximum Gasteiger partial charge on any atom is 0.226 e. The monoisotopic (exact) mass is 722 g/mol. The molecule has 0 amide bonds. The fourth-order valence-corrected chi connectivity index (χ4v) is 7.18. The van der Waals surface area contributed by atoms with Crippen LogP contribution in [0.25, 0.3) is 0 Å². The van der Waals surface area contributed by atoms with Gasteiger partial charge in [-0.05, 0) is 63.5 Å². The van der Waals surface area contributed by atoms with Crippen LogP contribution in [0.2, 0.25) is 0 Å². The van der Waals surface area contributed by atoms with Gasteiger partial charge in [0.25, 0.3) is 0 Å². The van der Waals surface area contributed by atoms with Crippen LogP contribution in [0.5, 0.6) is 0 Å². The van der Waals surface area contributed by atoms with Crippen LogP contribution < -0.4 is 9.13 Å². The Hall–Kier alpha value is -5.36. The van der Waals surface area contributed by atoms with Crippen LogP contribution in [0.1, 0.15) is 94.2 Å². The predicted molar refractivity (Wildman–Crippen MR) is 220 cm³/mol. The van der Waals surface area contributed by atoms with Crippen molar-refractivity contribution in [3.63, 3.8) is 0 Å². The highest BCUT2D eigenvalue weighted by Crippen LogP contribution is 2.43. The van der Waals surface area contributed by atoms with Crippen LogP contribution >= 0.6 is 0 Å². The molecule has 4 rings (SSSR count). The second-order valence-electron chi connectivity index (χ2n) is 15.8. The quantitative estimate of drug-likeness (QED) is 0.162. The third kappa shape index (κ3) is 11.1. The highest BCUT2D eigenvalue weighted by molar-refractivity contribution is 5.99. The molecule has 0 bridgehead atoms. The molecule has 0 spiro atoms. The van der Waals surface area contributed by atoms with Crippen molar-refractivity contribution in [3.8, 4) is 0 Å². The molecule has 2 unspecified atom stereocenters. The van der Waals surface area contributed by atoms with Gasteiger partial charge in [-0.2, -0.15) is 9.13 Å². The lowest BCUT2D eigenvalue weighted by Gasteiger charge is -2.34. The first-order valence-corrected chi connectivity index (χ1v) is 18.8. The number of Topliss-reactive ketones (excluding diaryl/α,β-unsaturated/α-hetero) is 2. The summed E-state index contributed by atoms with van der Waals surface area (Å²) >= 11 is 0. The van der Waals surface area contributed by atoms with Gasteiger partial charge >= 0.3 is 0 Å². The van der Waals surface area contributed by atoms with Crippen LogP contribution in [0.3, 0.4) is 0 Å². The van der Waals surface area contributed by atoms with Crippen LogP contribution in [0.4, 0.5) is 0 Å². The van der Waals surface area contributed by atoms with Gasteiger partial charge in [-0.1, -0.05) is 135 Å². The molecule has 2 aromatic rings. The molecule has 0 radical (unpaired) electrons. The summed E-state index contributed by atoms with van der Waals surface area (Å²) in [4.78, 5) is 34.7. The van der Waals surface area contributed by atoms with E-state index in [-0.39, 0.29) is 34.5 Å². The molecule has 0 aliphatic heterocycles. The summed E-state index contributed by atoms with van der Waals surface area (Å²) in [6.07, 6.45) is 45.1. The SMILES string of the molecule is CC1=C(/C=C/C(C)=C/C=C/C(C)=C/C=C/C=C(C)/C=C/C=C(C)/C=C/C2=C(C)C(=O)C([n+]3ccncc3)CC2(C)C)C(C)(C)CC([n+]2ccncc2)C1=O. The minimum Gasteiger partial charge on any atom is -0.287 e. The van der Waals surface area contributed by atoms with E-state index in [2.05, 4.69) is 138 Å². The van der Waals surface area contributed by atoms with Crippen molar-refractivity contribution in [1.29, 1.82) is 0 Å². The maximum absolute atomic E-state index is 13.3. The Labute approximate surface area is 323 Å². The average Bonchev–Trinajstić information content (AvgIpc) is 3.13. The van der Waals surface area contributed by atoms with E-state index in [9.17, 15) is 9.59 Å². The van der Waals surface area contributed by atoms with E-state index < -0.39 is 0 Å². The van der Waals surface area contributed by atoms with Crippen molar-refractivity contribution in [3.05, 3.63) is 179 Å². The van der Waals surface area contributed by atoms with Crippen LogP contribution in [-0.2, 0) is 9.59 Å². The zero-order valence-electron chi connectivity index (χ0n) is 33.9. The summed E-state index contributed by atoms with van der Waals surface area (Å²) in [6, 6.07) is -0.409. The number of rotatable bonds is 12. The smallest absolute Gasteiger partial charge is 0.226 e. The van der Waals surface area contributed by atoms with E-state index in [4.69, 9.17) is 0 Å². The van der Waals surface area contributed by atoms with Crippen LogP contribution in [-0.4, -0.2) is 21.5 Å². The molecule has 6 nitrogen and oxygen atoms in total. The minimum absolute atomic E-state index is 0.133. The molecule has 0 aromatic carbocycles. The average molecular weight is 723 g/mol. The summed E-state index contributed by atoms with van der Waals surface area (Å²) in [6.45, 7) is 21.1. The van der Waals surface area contributed by atoms with Gasteiger partial charge in [-0.15, -0.1) is 0 Å². The molecule has 280 valence electrons. The molecular weight excluding hydrogens is 665 g/mol. The Balaban J connectivity index is 1.30. The summed E-state index contributed by atoms with van der Waals surface area (Å²) < 4.78 is 3.94. The number of carbonyl (C=O) groups excluding carboxylic acids is 2. The molecule has 2 heterocycles. The number of carbonyl (C=O) groups is 2. The summed E-state index contributed by atoms with van der Waals surface area (Å²) in [5, 5.41) is 0. The van der Waals surface area contributed by atoms with Gasteiger partial charge in [0.05, 0.1) is 24.8 Å². The number of allylic oxidation sites excluding steroid dienone is 22. The molecule has 0 saturated carbocycles. The lowest BCUT2D eigenvalue weighted by atomic mass is 9.70. The van der Waals surface area contributed by atoms with Gasteiger partial charge in [0.2, 0.25) is 23.7 Å². The summed E-state index contributed by atoms with van der Waals surface area (Å²) in [5.41, 5.74) is 8.09. The van der Waals surface area contributed by atoms with Crippen LogP contribution in [0.15, 0.2) is 179 Å². The fourth-order valence-electron chi connectivity index (χ4n) is 7.18. The zero-order chi connectivity index (χ0) is 39.5. The molecular formula is C48H58N4O2+2. The number of ketones is 2. The minimum atomic E-state index is -0.204. The Morgan fingerprint density at radius 2 is 0.870 bits per heavy atom.